The molecule has 11 heteroatoms. The molecule has 3 heterocycles. The Balaban J connectivity index is 0.00000160. The Bertz CT molecular complexity index is 986. The van der Waals surface area contributed by atoms with Crippen LogP contribution in [0.2, 0.25) is 0 Å². The molecule has 156 valence electrons. The number of thioether (sulfide) groups is 1. The van der Waals surface area contributed by atoms with Gasteiger partial charge in [0.15, 0.2) is 0 Å². The van der Waals surface area contributed by atoms with Crippen LogP contribution < -0.4 is 34.9 Å². The topological polar surface area (TPSA) is 144 Å². The average Bonchev–Trinajstić information content (AvgIpc) is 3.15. The van der Waals surface area contributed by atoms with E-state index >= 15 is 0 Å². The predicted molar refractivity (Wildman–Crippen MR) is 106 cm³/mol. The molecule has 0 saturated carbocycles. The smallest absolute Gasteiger partial charge is 1.00 e. The minimum Gasteiger partial charge on any atom is -1.00 e. The molecule has 4 N–H and O–H groups in total. The molecule has 0 spiro atoms. The van der Waals surface area contributed by atoms with E-state index in [0.29, 0.717) is 11.5 Å². The maximum Gasteiger partial charge on any atom is 1.00 e. The van der Waals surface area contributed by atoms with Gasteiger partial charge in [-0.15, -0.1) is 11.8 Å². The number of rotatable bonds is 4. The van der Waals surface area contributed by atoms with Crippen molar-refractivity contribution in [3.8, 4) is 11.3 Å². The number of carboxylic acids is 1. The molecule has 0 aliphatic carbocycles. The molecule has 2 saturated heterocycles. The fourth-order valence-corrected chi connectivity index (χ4v) is 5.42. The Kier molecular flexibility index (Phi) is 7.10. The molecule has 1 aromatic heterocycles. The van der Waals surface area contributed by atoms with E-state index in [1.165, 1.54) is 16.7 Å². The Hall–Kier alpha value is -1.85. The van der Waals surface area contributed by atoms with E-state index < -0.39 is 34.1 Å². The summed E-state index contributed by atoms with van der Waals surface area (Å²) in [6.45, 7) is 5.22. The zero-order valence-corrected chi connectivity index (χ0v) is 19.8. The second-order valence-corrected chi connectivity index (χ2v) is 9.15. The summed E-state index contributed by atoms with van der Waals surface area (Å²) in [6.07, 6.45) is 0. The SMILES string of the molecule is Cc1onc(-c2ccccc2)c1C(=O)N[C@@H]1C(=O)N2[C@@H]1SC(C)(C)[C@@H]2C(=O)O.O.[H-].[Na+]. The number of carbonyl (C=O) groups excluding carboxylic acids is 2. The molecular formula is C19H22N3NaO6S. The number of amides is 2. The van der Waals surface area contributed by atoms with Gasteiger partial charge in [-0.1, -0.05) is 35.5 Å². The van der Waals surface area contributed by atoms with Crippen molar-refractivity contribution in [1.29, 1.82) is 0 Å². The summed E-state index contributed by atoms with van der Waals surface area (Å²) in [6, 6.07) is 7.46. The van der Waals surface area contributed by atoms with Crippen LogP contribution in [0.1, 0.15) is 31.4 Å². The zero-order valence-electron chi connectivity index (χ0n) is 18.0. The van der Waals surface area contributed by atoms with E-state index in [1.54, 1.807) is 20.8 Å². The molecule has 2 aliphatic heterocycles. The molecule has 0 bridgehead atoms. The minimum absolute atomic E-state index is 0. The Morgan fingerprint density at radius 3 is 2.53 bits per heavy atom. The van der Waals surface area contributed by atoms with Crippen molar-refractivity contribution in [2.24, 2.45) is 0 Å². The number of carbonyl (C=O) groups is 3. The van der Waals surface area contributed by atoms with Gasteiger partial charge < -0.3 is 26.7 Å². The van der Waals surface area contributed by atoms with Gasteiger partial charge >= 0.3 is 35.5 Å². The van der Waals surface area contributed by atoms with Crippen LogP contribution in [-0.4, -0.2) is 60.6 Å². The van der Waals surface area contributed by atoms with Crippen LogP contribution in [-0.2, 0) is 9.59 Å². The van der Waals surface area contributed by atoms with Crippen LogP contribution in [0.5, 0.6) is 0 Å². The summed E-state index contributed by atoms with van der Waals surface area (Å²) in [4.78, 5) is 38.5. The first-order valence-electron chi connectivity index (χ1n) is 8.77. The second-order valence-electron chi connectivity index (χ2n) is 7.38. The molecule has 4 rings (SSSR count). The predicted octanol–water partition coefficient (Wildman–Crippen LogP) is -1.81. The Morgan fingerprint density at radius 2 is 1.93 bits per heavy atom. The minimum atomic E-state index is -1.04. The van der Waals surface area contributed by atoms with Gasteiger partial charge in [-0.25, -0.2) is 4.79 Å². The molecule has 0 unspecified atom stereocenters. The number of benzene rings is 1. The Labute approximate surface area is 200 Å². The summed E-state index contributed by atoms with van der Waals surface area (Å²) in [5.41, 5.74) is 1.41. The van der Waals surface area contributed by atoms with Gasteiger partial charge in [0.25, 0.3) is 5.91 Å². The van der Waals surface area contributed by atoms with Crippen molar-refractivity contribution in [2.75, 3.05) is 0 Å². The maximum absolute atomic E-state index is 12.9. The van der Waals surface area contributed by atoms with Crippen LogP contribution in [0, 0.1) is 6.92 Å². The van der Waals surface area contributed by atoms with E-state index in [4.69, 9.17) is 4.52 Å². The number of aryl methyl sites for hydroxylation is 1. The number of hydrogen-bond acceptors (Lipinski definition) is 6. The standard InChI is InChI=1S/C19H19N3O5S.Na.H2O.H/c1-9-11(12(21-27-9)10-7-5-4-6-8-10)15(23)20-13-16(24)22-14(18(25)26)19(2,3)28-17(13)22;;;/h4-8,13-14,17H,1-3H3,(H,20,23)(H,25,26);;1H2;/q;+1;;-1/t13-,14+,17-;;;/m1.../s1. The van der Waals surface area contributed by atoms with Crippen LogP contribution in [0.3, 0.4) is 0 Å². The molecule has 2 amide bonds. The fourth-order valence-electron chi connectivity index (χ4n) is 3.79. The molecular weight excluding hydrogens is 421 g/mol. The van der Waals surface area contributed by atoms with Crippen LogP contribution >= 0.6 is 11.8 Å². The normalized spacial score (nSPS) is 23.5. The summed E-state index contributed by atoms with van der Waals surface area (Å²) >= 11 is 1.38. The van der Waals surface area contributed by atoms with Crippen LogP contribution in [0.25, 0.3) is 11.3 Å². The van der Waals surface area contributed by atoms with Gasteiger partial charge in [0.1, 0.15) is 34.5 Å². The third-order valence-electron chi connectivity index (χ3n) is 5.10. The van der Waals surface area contributed by atoms with Crippen molar-refractivity contribution in [3.63, 3.8) is 0 Å². The van der Waals surface area contributed by atoms with E-state index in [0.717, 1.165) is 5.56 Å². The van der Waals surface area contributed by atoms with E-state index in [1.807, 2.05) is 30.3 Å². The molecule has 2 aliphatic rings. The van der Waals surface area contributed by atoms with Gasteiger partial charge in [-0.2, -0.15) is 0 Å². The molecule has 2 fully saturated rings. The molecule has 0 radical (unpaired) electrons. The average molecular weight is 443 g/mol. The first-order chi connectivity index (χ1) is 13.2. The summed E-state index contributed by atoms with van der Waals surface area (Å²) < 4.78 is 4.57. The molecule has 2 aromatic rings. The summed E-state index contributed by atoms with van der Waals surface area (Å²) in [7, 11) is 0. The molecule has 30 heavy (non-hydrogen) atoms. The van der Waals surface area contributed by atoms with Crippen molar-refractivity contribution < 1.29 is 60.5 Å². The van der Waals surface area contributed by atoms with E-state index in [2.05, 4.69) is 10.5 Å². The molecule has 9 nitrogen and oxygen atoms in total. The number of β-lactam (4-membered cyclic amide) rings is 1. The monoisotopic (exact) mass is 443 g/mol. The van der Waals surface area contributed by atoms with Crippen LogP contribution in [0.15, 0.2) is 34.9 Å². The second kappa shape index (κ2) is 8.72. The summed E-state index contributed by atoms with van der Waals surface area (Å²) in [5, 5.41) is 15.8. The number of fused-ring (bicyclic) bond motifs is 1. The number of aromatic nitrogens is 1. The summed E-state index contributed by atoms with van der Waals surface area (Å²) in [5.74, 6) is -1.55. The van der Waals surface area contributed by atoms with Crippen molar-refractivity contribution in [3.05, 3.63) is 41.7 Å². The number of carboxylic acid groups (broad SMARTS) is 1. The first-order valence-corrected chi connectivity index (χ1v) is 9.65. The van der Waals surface area contributed by atoms with E-state index in [9.17, 15) is 19.5 Å². The zero-order chi connectivity index (χ0) is 20.2. The van der Waals surface area contributed by atoms with Crippen molar-refractivity contribution in [1.82, 2.24) is 15.4 Å². The quantitative estimate of drug-likeness (QED) is 0.418. The molecule has 1 aromatic carbocycles. The van der Waals surface area contributed by atoms with Gasteiger partial charge in [0, 0.05) is 10.3 Å². The van der Waals surface area contributed by atoms with Gasteiger partial charge in [-0.3, -0.25) is 9.59 Å². The number of hydrogen-bond donors (Lipinski definition) is 2. The third kappa shape index (κ3) is 3.78. The largest absolute Gasteiger partial charge is 1.00 e. The van der Waals surface area contributed by atoms with Crippen molar-refractivity contribution in [2.45, 2.75) is 43.0 Å². The van der Waals surface area contributed by atoms with E-state index in [-0.39, 0.29) is 47.9 Å². The van der Waals surface area contributed by atoms with Gasteiger partial charge in [-0.05, 0) is 20.8 Å². The number of aliphatic carboxylic acids is 1. The fraction of sp³-hybridized carbons (Fsp3) is 0.368. The van der Waals surface area contributed by atoms with Crippen molar-refractivity contribution >= 4 is 29.5 Å². The molecule has 3 atom stereocenters. The number of nitrogens with one attached hydrogen (secondary N) is 1. The van der Waals surface area contributed by atoms with Crippen LogP contribution in [0.4, 0.5) is 0 Å². The third-order valence-corrected chi connectivity index (χ3v) is 6.67. The first kappa shape index (κ1) is 24.4. The maximum atomic E-state index is 12.9. The van der Waals surface area contributed by atoms with Gasteiger partial charge in [0.2, 0.25) is 5.91 Å². The van der Waals surface area contributed by atoms with Gasteiger partial charge in [0.05, 0.1) is 0 Å². The number of nitrogens with zero attached hydrogens (tertiary/aromatic N) is 2. The Morgan fingerprint density at radius 1 is 1.30 bits per heavy atom.